The molecule has 0 spiro atoms. The molecule has 1 atom stereocenters. The lowest BCUT2D eigenvalue weighted by Crippen LogP contribution is -2.40. The number of halogens is 1. The fraction of sp³-hybridized carbons (Fsp3) is 0.400. The van der Waals surface area contributed by atoms with Crippen molar-refractivity contribution in [1.82, 2.24) is 15.0 Å². The lowest BCUT2D eigenvalue weighted by atomic mass is 9.98. The van der Waals surface area contributed by atoms with Crippen LogP contribution in [0.15, 0.2) is 28.8 Å². The number of carbonyl (C=O) groups excluding carboxylic acids is 1. The van der Waals surface area contributed by atoms with E-state index in [0.717, 1.165) is 19.4 Å². The molecule has 0 aliphatic carbocycles. The van der Waals surface area contributed by atoms with Crippen LogP contribution in [0.4, 0.5) is 4.39 Å². The molecule has 116 valence electrons. The van der Waals surface area contributed by atoms with Crippen LogP contribution in [-0.2, 0) is 4.79 Å². The number of primary amides is 1. The van der Waals surface area contributed by atoms with Crippen LogP contribution in [0.3, 0.4) is 0 Å². The van der Waals surface area contributed by atoms with E-state index in [-0.39, 0.29) is 24.2 Å². The second-order valence-electron chi connectivity index (χ2n) is 5.50. The largest absolute Gasteiger partial charge is 0.369 e. The maximum absolute atomic E-state index is 12.9. The fourth-order valence-corrected chi connectivity index (χ4v) is 2.74. The van der Waals surface area contributed by atoms with E-state index in [4.69, 9.17) is 10.3 Å². The van der Waals surface area contributed by atoms with E-state index in [1.54, 1.807) is 12.1 Å². The van der Waals surface area contributed by atoms with Crippen molar-refractivity contribution in [2.45, 2.75) is 18.8 Å². The number of nitrogens with two attached hydrogens (primary N) is 1. The van der Waals surface area contributed by atoms with Crippen LogP contribution in [0.1, 0.15) is 24.7 Å². The van der Waals surface area contributed by atoms with Crippen molar-refractivity contribution in [3.8, 4) is 11.4 Å². The second-order valence-corrected chi connectivity index (χ2v) is 5.50. The Labute approximate surface area is 127 Å². The van der Waals surface area contributed by atoms with Gasteiger partial charge in [-0.25, -0.2) is 4.39 Å². The Bertz CT molecular complexity index is 656. The Hall–Kier alpha value is -2.28. The summed E-state index contributed by atoms with van der Waals surface area (Å²) in [7, 11) is 0. The highest BCUT2D eigenvalue weighted by Gasteiger charge is 2.26. The zero-order valence-corrected chi connectivity index (χ0v) is 12.0. The zero-order valence-electron chi connectivity index (χ0n) is 12.0. The van der Waals surface area contributed by atoms with Gasteiger partial charge in [-0.05, 0) is 43.7 Å². The van der Waals surface area contributed by atoms with Crippen molar-refractivity contribution < 1.29 is 13.7 Å². The van der Waals surface area contributed by atoms with Crippen molar-refractivity contribution in [2.24, 2.45) is 5.73 Å². The first-order chi connectivity index (χ1) is 10.6. The van der Waals surface area contributed by atoms with Crippen molar-refractivity contribution in [1.29, 1.82) is 0 Å². The van der Waals surface area contributed by atoms with Crippen molar-refractivity contribution >= 4 is 5.91 Å². The van der Waals surface area contributed by atoms with Gasteiger partial charge in [0.1, 0.15) is 5.82 Å². The number of aromatic nitrogens is 2. The molecule has 1 aliphatic rings. The predicted octanol–water partition coefficient (Wildman–Crippen LogP) is 1.54. The molecule has 0 bridgehead atoms. The van der Waals surface area contributed by atoms with Crippen LogP contribution in [0, 0.1) is 5.82 Å². The number of rotatable bonds is 4. The van der Waals surface area contributed by atoms with Crippen LogP contribution in [0.25, 0.3) is 11.4 Å². The fourth-order valence-electron chi connectivity index (χ4n) is 2.74. The van der Waals surface area contributed by atoms with Gasteiger partial charge >= 0.3 is 0 Å². The zero-order chi connectivity index (χ0) is 15.5. The maximum Gasteiger partial charge on any atom is 0.231 e. The molecule has 7 heteroatoms. The summed E-state index contributed by atoms with van der Waals surface area (Å²) < 4.78 is 18.3. The number of amides is 1. The van der Waals surface area contributed by atoms with Crippen molar-refractivity contribution in [3.63, 3.8) is 0 Å². The lowest BCUT2D eigenvalue weighted by Gasteiger charge is -2.29. The molecule has 0 radical (unpaired) electrons. The summed E-state index contributed by atoms with van der Waals surface area (Å²) in [6.45, 7) is 1.77. The average Bonchev–Trinajstić information content (AvgIpc) is 2.97. The Kier molecular flexibility index (Phi) is 4.15. The van der Waals surface area contributed by atoms with E-state index < -0.39 is 0 Å². The number of likely N-dealkylation sites (tertiary alicyclic amines) is 1. The van der Waals surface area contributed by atoms with E-state index in [9.17, 15) is 9.18 Å². The lowest BCUT2D eigenvalue weighted by molar-refractivity contribution is -0.119. The minimum atomic E-state index is -0.335. The highest BCUT2D eigenvalue weighted by molar-refractivity contribution is 5.75. The van der Waals surface area contributed by atoms with Gasteiger partial charge in [0.15, 0.2) is 0 Å². The Morgan fingerprint density at radius 3 is 2.91 bits per heavy atom. The van der Waals surface area contributed by atoms with Gasteiger partial charge in [-0.1, -0.05) is 5.16 Å². The van der Waals surface area contributed by atoms with Crippen LogP contribution in [0.2, 0.25) is 0 Å². The number of piperidine rings is 1. The van der Waals surface area contributed by atoms with E-state index >= 15 is 0 Å². The van der Waals surface area contributed by atoms with Gasteiger partial charge in [0, 0.05) is 12.1 Å². The average molecular weight is 304 g/mol. The third kappa shape index (κ3) is 3.30. The smallest absolute Gasteiger partial charge is 0.231 e. The van der Waals surface area contributed by atoms with Gasteiger partial charge in [-0.2, -0.15) is 4.98 Å². The molecule has 1 aromatic heterocycles. The molecule has 1 fully saturated rings. The monoisotopic (exact) mass is 304 g/mol. The number of carbonyl (C=O) groups is 1. The van der Waals surface area contributed by atoms with Gasteiger partial charge in [-0.3, -0.25) is 9.69 Å². The highest BCUT2D eigenvalue weighted by atomic mass is 19.1. The number of nitrogens with zero attached hydrogens (tertiary/aromatic N) is 3. The molecule has 2 N–H and O–H groups in total. The number of hydrogen-bond acceptors (Lipinski definition) is 5. The first-order valence-corrected chi connectivity index (χ1v) is 7.22. The number of benzene rings is 1. The van der Waals surface area contributed by atoms with Gasteiger partial charge in [0.25, 0.3) is 0 Å². The van der Waals surface area contributed by atoms with E-state index in [1.165, 1.54) is 12.1 Å². The third-order valence-electron chi connectivity index (χ3n) is 3.78. The molecule has 0 unspecified atom stereocenters. The molecule has 0 saturated carbocycles. The Morgan fingerprint density at radius 1 is 1.41 bits per heavy atom. The van der Waals surface area contributed by atoms with E-state index in [0.29, 0.717) is 23.8 Å². The van der Waals surface area contributed by atoms with Gasteiger partial charge < -0.3 is 10.3 Å². The van der Waals surface area contributed by atoms with Gasteiger partial charge in [0.2, 0.25) is 17.6 Å². The summed E-state index contributed by atoms with van der Waals surface area (Å²) in [6.07, 6.45) is 1.88. The van der Waals surface area contributed by atoms with Crippen LogP contribution < -0.4 is 5.73 Å². The van der Waals surface area contributed by atoms with E-state index in [2.05, 4.69) is 10.1 Å². The van der Waals surface area contributed by atoms with Crippen molar-refractivity contribution in [2.75, 3.05) is 19.6 Å². The van der Waals surface area contributed by atoms with Crippen LogP contribution in [-0.4, -0.2) is 40.6 Å². The number of hydrogen-bond donors (Lipinski definition) is 1. The minimum Gasteiger partial charge on any atom is -0.369 e. The molecule has 1 amide bonds. The van der Waals surface area contributed by atoms with Crippen LogP contribution >= 0.6 is 0 Å². The standard InChI is InChI=1S/C15H17FN4O2/c16-12-5-3-10(4-6-12)14-18-15(22-19-14)11-2-1-7-20(8-11)9-13(17)21/h3-6,11H,1-2,7-9H2,(H2,17,21)/t11-/m1/s1. The summed E-state index contributed by atoms with van der Waals surface area (Å²) in [5, 5.41) is 3.96. The summed E-state index contributed by atoms with van der Waals surface area (Å²) in [6, 6.07) is 5.95. The molecule has 3 rings (SSSR count). The first-order valence-electron chi connectivity index (χ1n) is 7.22. The summed E-state index contributed by atoms with van der Waals surface area (Å²) in [5.41, 5.74) is 5.95. The topological polar surface area (TPSA) is 85.3 Å². The summed E-state index contributed by atoms with van der Waals surface area (Å²) >= 11 is 0. The molecule has 1 aliphatic heterocycles. The molecule has 1 saturated heterocycles. The first kappa shape index (κ1) is 14.6. The maximum atomic E-state index is 12.9. The van der Waals surface area contributed by atoms with Crippen LogP contribution in [0.5, 0.6) is 0 Å². The molecule has 2 heterocycles. The minimum absolute atomic E-state index is 0.0924. The summed E-state index contributed by atoms with van der Waals surface area (Å²) in [5.74, 6) is 0.449. The molecule has 22 heavy (non-hydrogen) atoms. The molecular formula is C15H17FN4O2. The van der Waals surface area contributed by atoms with E-state index in [1.807, 2.05) is 4.90 Å². The van der Waals surface area contributed by atoms with Gasteiger partial charge in [0.05, 0.1) is 12.5 Å². The summed E-state index contributed by atoms with van der Waals surface area (Å²) in [4.78, 5) is 17.4. The molecule has 1 aromatic carbocycles. The Morgan fingerprint density at radius 2 is 2.18 bits per heavy atom. The molecule has 6 nitrogen and oxygen atoms in total. The highest BCUT2D eigenvalue weighted by Crippen LogP contribution is 2.27. The Balaban J connectivity index is 1.73. The van der Waals surface area contributed by atoms with Crippen molar-refractivity contribution in [3.05, 3.63) is 36.0 Å². The second kappa shape index (κ2) is 6.23. The van der Waals surface area contributed by atoms with Gasteiger partial charge in [-0.15, -0.1) is 0 Å². The third-order valence-corrected chi connectivity index (χ3v) is 3.78. The molecular weight excluding hydrogens is 287 g/mol. The molecule has 2 aromatic rings. The SMILES string of the molecule is NC(=O)CN1CCC[C@@H](c2nc(-c3ccc(F)cc3)no2)C1. The predicted molar refractivity (Wildman–Crippen MR) is 77.3 cm³/mol. The normalized spacial score (nSPS) is 19.2. The quantitative estimate of drug-likeness (QED) is 0.926.